The van der Waals surface area contributed by atoms with Gasteiger partial charge in [-0.2, -0.15) is 5.10 Å². The smallest absolute Gasteiger partial charge is 0.245 e. The van der Waals surface area contributed by atoms with Crippen molar-refractivity contribution in [3.63, 3.8) is 0 Å². The van der Waals surface area contributed by atoms with Crippen molar-refractivity contribution in [3.05, 3.63) is 59.5 Å². The van der Waals surface area contributed by atoms with Gasteiger partial charge >= 0.3 is 0 Å². The van der Waals surface area contributed by atoms with Gasteiger partial charge in [-0.1, -0.05) is 45.0 Å². The van der Waals surface area contributed by atoms with Crippen LogP contribution < -0.4 is 0 Å². The summed E-state index contributed by atoms with van der Waals surface area (Å²) in [7, 11) is 0. The fourth-order valence-corrected chi connectivity index (χ4v) is 2.80. The summed E-state index contributed by atoms with van der Waals surface area (Å²) < 4.78 is 5.46. The molecule has 3 rings (SSSR count). The van der Waals surface area contributed by atoms with Crippen LogP contribution in [-0.2, 0) is 11.2 Å². The topological polar surface area (TPSA) is 45.8 Å². The van der Waals surface area contributed by atoms with E-state index in [-0.39, 0.29) is 17.9 Å². The highest BCUT2D eigenvalue weighted by atomic mass is 16.3. The number of hydrogen-bond donors (Lipinski definition) is 0. The molecule has 0 spiro atoms. The van der Waals surface area contributed by atoms with Crippen LogP contribution >= 0.6 is 0 Å². The number of rotatable bonds is 4. The second kappa shape index (κ2) is 6.41. The maximum atomic E-state index is 12.6. The van der Waals surface area contributed by atoms with E-state index in [0.717, 1.165) is 23.5 Å². The van der Waals surface area contributed by atoms with Crippen LogP contribution in [0.15, 0.2) is 52.2 Å². The van der Waals surface area contributed by atoms with Crippen LogP contribution in [0.25, 0.3) is 0 Å². The molecule has 0 radical (unpaired) electrons. The van der Waals surface area contributed by atoms with Crippen LogP contribution in [0.2, 0.25) is 0 Å². The molecule has 0 fully saturated rings. The molecule has 1 amide bonds. The molecule has 0 N–H and O–H groups in total. The summed E-state index contributed by atoms with van der Waals surface area (Å²) in [4.78, 5) is 12.6. The normalized spacial score (nSPS) is 17.7. The van der Waals surface area contributed by atoms with E-state index in [0.29, 0.717) is 6.42 Å². The largest absolute Gasteiger partial charge is 0.463 e. The number of aryl methyl sites for hydroxylation is 1. The molecule has 1 aliphatic heterocycles. The minimum absolute atomic E-state index is 0.0381. The average Bonchev–Trinajstić information content (AvgIpc) is 3.23. The zero-order valence-corrected chi connectivity index (χ0v) is 13.8. The van der Waals surface area contributed by atoms with Crippen LogP contribution in [0.5, 0.6) is 0 Å². The van der Waals surface area contributed by atoms with E-state index in [1.165, 1.54) is 5.56 Å². The molecule has 0 aliphatic carbocycles. The van der Waals surface area contributed by atoms with E-state index >= 15 is 0 Å². The van der Waals surface area contributed by atoms with Gasteiger partial charge in [0.05, 0.1) is 12.3 Å². The molecular formula is C19H22N2O2. The summed E-state index contributed by atoms with van der Waals surface area (Å²) in [6.07, 6.45) is 3.32. The lowest BCUT2D eigenvalue weighted by atomic mass is 9.98. The molecule has 0 saturated carbocycles. The van der Waals surface area contributed by atoms with Crippen molar-refractivity contribution in [1.82, 2.24) is 5.01 Å². The van der Waals surface area contributed by atoms with Crippen molar-refractivity contribution < 1.29 is 9.21 Å². The molecule has 4 heteroatoms. The Hall–Kier alpha value is -2.36. The molecule has 4 nitrogen and oxygen atoms in total. The van der Waals surface area contributed by atoms with E-state index in [9.17, 15) is 4.79 Å². The third-order valence-electron chi connectivity index (χ3n) is 4.21. The highest BCUT2D eigenvalue weighted by molar-refractivity contribution is 6.01. The zero-order valence-electron chi connectivity index (χ0n) is 13.8. The van der Waals surface area contributed by atoms with Crippen LogP contribution in [0.4, 0.5) is 0 Å². The molecule has 1 aromatic heterocycles. The minimum atomic E-state index is -0.0906. The van der Waals surface area contributed by atoms with Gasteiger partial charge in [0.25, 0.3) is 0 Å². The molecular weight excluding hydrogens is 288 g/mol. The molecule has 2 aromatic rings. The fraction of sp³-hybridized carbons (Fsp3) is 0.368. The molecule has 2 heterocycles. The van der Waals surface area contributed by atoms with Crippen molar-refractivity contribution in [3.8, 4) is 0 Å². The Labute approximate surface area is 136 Å². The first-order valence-electron chi connectivity index (χ1n) is 8.13. The summed E-state index contributed by atoms with van der Waals surface area (Å²) in [5, 5.41) is 6.19. The van der Waals surface area contributed by atoms with E-state index in [1.807, 2.05) is 26.0 Å². The standard InChI is InChI=1S/C19H22N2O2/c1-4-14-7-9-15(10-8-14)17-12-16(18-6-5-11-23-18)20-21(17)19(22)13(2)3/h5-11,13,17H,4,12H2,1-3H3/t17-/m0/s1. The number of carbonyl (C=O) groups is 1. The Morgan fingerprint density at radius 1 is 1.30 bits per heavy atom. The summed E-state index contributed by atoms with van der Waals surface area (Å²) in [5.74, 6) is 0.683. The van der Waals surface area contributed by atoms with Crippen LogP contribution in [0, 0.1) is 5.92 Å². The minimum Gasteiger partial charge on any atom is -0.463 e. The highest BCUT2D eigenvalue weighted by Crippen LogP contribution is 2.34. The number of hydrogen-bond acceptors (Lipinski definition) is 3. The van der Waals surface area contributed by atoms with Gasteiger partial charge in [-0.05, 0) is 29.7 Å². The summed E-state index contributed by atoms with van der Waals surface area (Å²) in [6, 6.07) is 12.1. The Bertz CT molecular complexity index is 699. The van der Waals surface area contributed by atoms with Gasteiger partial charge in [0.1, 0.15) is 11.5 Å². The van der Waals surface area contributed by atoms with Gasteiger partial charge in [0.15, 0.2) is 0 Å². The SMILES string of the molecule is CCc1ccc([C@@H]2CC(c3ccco3)=NN2C(=O)C(C)C)cc1. The molecule has 1 aromatic carbocycles. The Balaban J connectivity index is 1.93. The average molecular weight is 310 g/mol. The third-order valence-corrected chi connectivity index (χ3v) is 4.21. The highest BCUT2D eigenvalue weighted by Gasteiger charge is 2.34. The molecule has 120 valence electrons. The first kappa shape index (κ1) is 15.5. The summed E-state index contributed by atoms with van der Waals surface area (Å²) in [6.45, 7) is 5.94. The maximum absolute atomic E-state index is 12.6. The van der Waals surface area contributed by atoms with Crippen molar-refractivity contribution >= 4 is 11.6 Å². The second-order valence-corrected chi connectivity index (χ2v) is 6.18. The molecule has 0 bridgehead atoms. The van der Waals surface area contributed by atoms with Gasteiger partial charge < -0.3 is 4.42 Å². The Morgan fingerprint density at radius 2 is 2.04 bits per heavy atom. The van der Waals surface area contributed by atoms with Crippen molar-refractivity contribution in [2.75, 3.05) is 0 Å². The summed E-state index contributed by atoms with van der Waals surface area (Å²) in [5.41, 5.74) is 3.23. The van der Waals surface area contributed by atoms with Gasteiger partial charge in [0, 0.05) is 12.3 Å². The lowest BCUT2D eigenvalue weighted by Gasteiger charge is -2.23. The van der Waals surface area contributed by atoms with Crippen LogP contribution in [0.1, 0.15) is 50.1 Å². The van der Waals surface area contributed by atoms with E-state index in [1.54, 1.807) is 11.3 Å². The van der Waals surface area contributed by atoms with Gasteiger partial charge in [-0.25, -0.2) is 5.01 Å². The molecule has 1 atom stereocenters. The van der Waals surface area contributed by atoms with Crippen molar-refractivity contribution in [1.29, 1.82) is 0 Å². The first-order chi connectivity index (χ1) is 11.1. The zero-order chi connectivity index (χ0) is 16.4. The number of carbonyl (C=O) groups excluding carboxylic acids is 1. The molecule has 0 saturated heterocycles. The predicted octanol–water partition coefficient (Wildman–Crippen LogP) is 4.18. The lowest BCUT2D eigenvalue weighted by Crippen LogP contribution is -2.30. The van der Waals surface area contributed by atoms with E-state index in [4.69, 9.17) is 4.42 Å². The maximum Gasteiger partial charge on any atom is 0.245 e. The number of amides is 1. The Morgan fingerprint density at radius 3 is 2.61 bits per heavy atom. The number of hydrazone groups is 1. The number of nitrogens with zero attached hydrogens (tertiary/aromatic N) is 2. The molecule has 1 aliphatic rings. The van der Waals surface area contributed by atoms with Gasteiger partial charge in [-0.15, -0.1) is 0 Å². The number of benzene rings is 1. The first-order valence-corrected chi connectivity index (χ1v) is 8.13. The van der Waals surface area contributed by atoms with Crippen molar-refractivity contribution in [2.45, 2.75) is 39.7 Å². The predicted molar refractivity (Wildman–Crippen MR) is 90.1 cm³/mol. The number of furan rings is 1. The third kappa shape index (κ3) is 3.07. The van der Waals surface area contributed by atoms with Gasteiger partial charge in [0.2, 0.25) is 5.91 Å². The quantitative estimate of drug-likeness (QED) is 0.850. The van der Waals surface area contributed by atoms with Gasteiger partial charge in [-0.3, -0.25) is 4.79 Å². The Kier molecular flexibility index (Phi) is 4.33. The molecule has 0 unspecified atom stereocenters. The monoisotopic (exact) mass is 310 g/mol. The van der Waals surface area contributed by atoms with Crippen LogP contribution in [0.3, 0.4) is 0 Å². The lowest BCUT2D eigenvalue weighted by molar-refractivity contribution is -0.136. The van der Waals surface area contributed by atoms with Crippen LogP contribution in [-0.4, -0.2) is 16.6 Å². The van der Waals surface area contributed by atoms with E-state index in [2.05, 4.69) is 36.3 Å². The van der Waals surface area contributed by atoms with E-state index < -0.39 is 0 Å². The second-order valence-electron chi connectivity index (χ2n) is 6.18. The van der Waals surface area contributed by atoms with Crippen molar-refractivity contribution in [2.24, 2.45) is 11.0 Å². The summed E-state index contributed by atoms with van der Waals surface area (Å²) >= 11 is 0. The molecule has 23 heavy (non-hydrogen) atoms. The fourth-order valence-electron chi connectivity index (χ4n) is 2.80.